The van der Waals surface area contributed by atoms with E-state index >= 15 is 0 Å². The Balaban J connectivity index is 3.28. The molecule has 0 aliphatic rings. The van der Waals surface area contributed by atoms with E-state index in [9.17, 15) is 4.79 Å². The Morgan fingerprint density at radius 2 is 1.68 bits per heavy atom. The van der Waals surface area contributed by atoms with Gasteiger partial charge in [0.05, 0.1) is 6.61 Å². The number of carbonyl (C=O) groups excluding carboxylic acids is 1. The van der Waals surface area contributed by atoms with Crippen LogP contribution in [0.5, 0.6) is 0 Å². The highest BCUT2D eigenvalue weighted by Gasteiger charge is 2.01. The number of alkyl halides is 1. The summed E-state index contributed by atoms with van der Waals surface area (Å²) in [7, 11) is 0. The van der Waals surface area contributed by atoms with Crippen molar-refractivity contribution >= 4 is 22.1 Å². The molecule has 0 heterocycles. The molecule has 0 saturated carbocycles. The van der Waals surface area contributed by atoms with E-state index in [0.29, 0.717) is 19.6 Å². The van der Waals surface area contributed by atoms with Gasteiger partial charge in [-0.2, -0.15) is 0 Å². The van der Waals surface area contributed by atoms with Gasteiger partial charge in [-0.15, -0.1) is 5.92 Å². The van der Waals surface area contributed by atoms with Crippen molar-refractivity contribution in [1.82, 2.24) is 0 Å². The molecular weight excluding hydrogens is 308 g/mol. The van der Waals surface area contributed by atoms with E-state index in [1.807, 2.05) is 0 Å². The number of rotatable bonds is 10. The summed E-state index contributed by atoms with van der Waals surface area (Å²) in [6.45, 7) is 2.93. The SMILES string of the molecule is CCCCCC#CCCOC(=O)OCCCCCBr. The van der Waals surface area contributed by atoms with Gasteiger partial charge >= 0.3 is 6.16 Å². The van der Waals surface area contributed by atoms with Crippen LogP contribution < -0.4 is 0 Å². The van der Waals surface area contributed by atoms with Gasteiger partial charge in [0.25, 0.3) is 0 Å². The van der Waals surface area contributed by atoms with Crippen LogP contribution in [0, 0.1) is 11.8 Å². The van der Waals surface area contributed by atoms with Gasteiger partial charge in [0.2, 0.25) is 0 Å². The Bertz CT molecular complexity index is 268. The quantitative estimate of drug-likeness (QED) is 0.252. The minimum Gasteiger partial charge on any atom is -0.434 e. The van der Waals surface area contributed by atoms with Gasteiger partial charge in [-0.25, -0.2) is 4.79 Å². The van der Waals surface area contributed by atoms with Gasteiger partial charge in [-0.3, -0.25) is 0 Å². The fraction of sp³-hybridized carbons (Fsp3) is 0.800. The summed E-state index contributed by atoms with van der Waals surface area (Å²) in [6, 6.07) is 0. The molecule has 0 radical (unpaired) electrons. The molecular formula is C15H25BrO3. The molecule has 0 N–H and O–H groups in total. The second kappa shape index (κ2) is 15.4. The third-order valence-electron chi connectivity index (χ3n) is 2.48. The second-order valence-electron chi connectivity index (χ2n) is 4.26. The van der Waals surface area contributed by atoms with Crippen LogP contribution in [0.4, 0.5) is 4.79 Å². The fourth-order valence-electron chi connectivity index (χ4n) is 1.40. The van der Waals surface area contributed by atoms with Gasteiger partial charge in [-0.1, -0.05) is 41.6 Å². The normalized spacial score (nSPS) is 9.58. The van der Waals surface area contributed by atoms with Gasteiger partial charge in [-0.05, 0) is 25.7 Å². The highest BCUT2D eigenvalue weighted by Crippen LogP contribution is 2.00. The Morgan fingerprint density at radius 3 is 2.42 bits per heavy atom. The Labute approximate surface area is 125 Å². The summed E-state index contributed by atoms with van der Waals surface area (Å²) < 4.78 is 9.83. The van der Waals surface area contributed by atoms with Gasteiger partial charge in [0.15, 0.2) is 0 Å². The molecule has 0 aromatic heterocycles. The van der Waals surface area contributed by atoms with Crippen LogP contribution in [0.1, 0.15) is 58.3 Å². The smallest absolute Gasteiger partial charge is 0.434 e. The lowest BCUT2D eigenvalue weighted by atomic mass is 10.2. The largest absolute Gasteiger partial charge is 0.508 e. The summed E-state index contributed by atoms with van der Waals surface area (Å²) in [6.07, 6.45) is 7.59. The molecule has 0 saturated heterocycles. The van der Waals surface area contributed by atoms with E-state index in [1.165, 1.54) is 12.8 Å². The van der Waals surface area contributed by atoms with E-state index in [4.69, 9.17) is 9.47 Å². The molecule has 0 bridgehead atoms. The molecule has 19 heavy (non-hydrogen) atoms. The Hall–Kier alpha value is -0.690. The van der Waals surface area contributed by atoms with Gasteiger partial charge in [0.1, 0.15) is 6.61 Å². The Kier molecular flexibility index (Phi) is 14.8. The average molecular weight is 333 g/mol. The highest BCUT2D eigenvalue weighted by molar-refractivity contribution is 9.09. The molecule has 110 valence electrons. The lowest BCUT2D eigenvalue weighted by Gasteiger charge is -2.04. The molecule has 0 unspecified atom stereocenters. The molecule has 0 aromatic carbocycles. The molecule has 0 aliphatic carbocycles. The predicted octanol–water partition coefficient (Wildman–Crippen LogP) is 4.68. The first-order valence-corrected chi connectivity index (χ1v) is 8.24. The molecule has 0 atom stereocenters. The zero-order chi connectivity index (χ0) is 14.2. The van der Waals surface area contributed by atoms with Gasteiger partial charge in [0, 0.05) is 18.2 Å². The van der Waals surface area contributed by atoms with E-state index in [0.717, 1.165) is 37.4 Å². The number of unbranched alkanes of at least 4 members (excludes halogenated alkanes) is 5. The molecule has 0 aromatic rings. The zero-order valence-electron chi connectivity index (χ0n) is 11.9. The first-order chi connectivity index (χ1) is 9.31. The zero-order valence-corrected chi connectivity index (χ0v) is 13.5. The topological polar surface area (TPSA) is 35.5 Å². The van der Waals surface area contributed by atoms with Crippen LogP contribution >= 0.6 is 15.9 Å². The molecule has 0 aliphatic heterocycles. The van der Waals surface area contributed by atoms with Crippen LogP contribution in [-0.2, 0) is 9.47 Å². The maximum absolute atomic E-state index is 11.1. The summed E-state index contributed by atoms with van der Waals surface area (Å²) in [4.78, 5) is 11.1. The summed E-state index contributed by atoms with van der Waals surface area (Å²) in [5.41, 5.74) is 0. The molecule has 0 spiro atoms. The van der Waals surface area contributed by atoms with Crippen LogP contribution in [0.3, 0.4) is 0 Å². The second-order valence-corrected chi connectivity index (χ2v) is 5.05. The standard InChI is InChI=1S/C15H25BrO3/c1-2-3-4-5-6-7-10-13-18-15(17)19-14-11-8-9-12-16/h2-5,8-14H2,1H3. The average Bonchev–Trinajstić information content (AvgIpc) is 2.41. The van der Waals surface area contributed by atoms with Crippen molar-refractivity contribution in [2.45, 2.75) is 58.3 Å². The first-order valence-electron chi connectivity index (χ1n) is 7.12. The predicted molar refractivity (Wildman–Crippen MR) is 81.5 cm³/mol. The maximum Gasteiger partial charge on any atom is 0.508 e. The number of halogens is 1. The minimum absolute atomic E-state index is 0.320. The third-order valence-corrected chi connectivity index (χ3v) is 3.04. The molecule has 4 heteroatoms. The number of ether oxygens (including phenoxy) is 2. The third kappa shape index (κ3) is 15.3. The van der Waals surface area contributed by atoms with E-state index in [-0.39, 0.29) is 0 Å². The van der Waals surface area contributed by atoms with Crippen molar-refractivity contribution in [3.05, 3.63) is 0 Å². The molecule has 0 rings (SSSR count). The van der Waals surface area contributed by atoms with Crippen molar-refractivity contribution in [3.63, 3.8) is 0 Å². The maximum atomic E-state index is 11.1. The number of carbonyl (C=O) groups is 1. The van der Waals surface area contributed by atoms with Gasteiger partial charge < -0.3 is 9.47 Å². The highest BCUT2D eigenvalue weighted by atomic mass is 79.9. The fourth-order valence-corrected chi connectivity index (χ4v) is 1.79. The van der Waals surface area contributed by atoms with Crippen molar-refractivity contribution in [3.8, 4) is 11.8 Å². The van der Waals surface area contributed by atoms with Crippen LogP contribution in [0.2, 0.25) is 0 Å². The van der Waals surface area contributed by atoms with Crippen molar-refractivity contribution in [2.24, 2.45) is 0 Å². The van der Waals surface area contributed by atoms with Crippen molar-refractivity contribution in [1.29, 1.82) is 0 Å². The molecule has 3 nitrogen and oxygen atoms in total. The lowest BCUT2D eigenvalue weighted by molar-refractivity contribution is 0.0557. The monoisotopic (exact) mass is 332 g/mol. The lowest BCUT2D eigenvalue weighted by Crippen LogP contribution is -2.09. The van der Waals surface area contributed by atoms with E-state index < -0.39 is 6.16 Å². The molecule has 0 amide bonds. The van der Waals surface area contributed by atoms with E-state index in [1.54, 1.807) is 0 Å². The minimum atomic E-state index is -0.577. The number of hydrogen-bond donors (Lipinski definition) is 0. The molecule has 0 fully saturated rings. The number of hydrogen-bond acceptors (Lipinski definition) is 3. The van der Waals surface area contributed by atoms with Crippen LogP contribution in [0.15, 0.2) is 0 Å². The van der Waals surface area contributed by atoms with E-state index in [2.05, 4.69) is 34.7 Å². The summed E-state index contributed by atoms with van der Waals surface area (Å²) in [5.74, 6) is 6.07. The summed E-state index contributed by atoms with van der Waals surface area (Å²) in [5, 5.41) is 0.994. The van der Waals surface area contributed by atoms with Crippen molar-refractivity contribution in [2.75, 3.05) is 18.5 Å². The van der Waals surface area contributed by atoms with Crippen LogP contribution in [-0.4, -0.2) is 24.7 Å². The summed E-state index contributed by atoms with van der Waals surface area (Å²) >= 11 is 3.35. The van der Waals surface area contributed by atoms with Crippen molar-refractivity contribution < 1.29 is 14.3 Å². The Morgan fingerprint density at radius 1 is 0.947 bits per heavy atom. The first kappa shape index (κ1) is 18.3. The van der Waals surface area contributed by atoms with Crippen LogP contribution in [0.25, 0.3) is 0 Å².